The first-order valence-corrected chi connectivity index (χ1v) is 12.3. The number of benzene rings is 2. The van der Waals surface area contributed by atoms with Gasteiger partial charge in [-0.2, -0.15) is 0 Å². The van der Waals surface area contributed by atoms with Crippen LogP contribution in [-0.2, 0) is 16.6 Å². The van der Waals surface area contributed by atoms with Gasteiger partial charge in [-0.1, -0.05) is 58.0 Å². The smallest absolute Gasteiger partial charge is 0.251 e. The van der Waals surface area contributed by atoms with Gasteiger partial charge in [-0.25, -0.2) is 13.1 Å². The van der Waals surface area contributed by atoms with Gasteiger partial charge in [-0.05, 0) is 41.7 Å². The van der Waals surface area contributed by atoms with Crippen LogP contribution in [0.15, 0.2) is 59.5 Å². The van der Waals surface area contributed by atoms with E-state index < -0.39 is 10.0 Å². The molecular formula is C24H35N3O3S. The summed E-state index contributed by atoms with van der Waals surface area (Å²) in [7, 11) is -3.56. The van der Waals surface area contributed by atoms with E-state index >= 15 is 0 Å². The van der Waals surface area contributed by atoms with Gasteiger partial charge in [-0.3, -0.25) is 4.79 Å². The van der Waals surface area contributed by atoms with Crippen molar-refractivity contribution in [3.8, 4) is 0 Å². The van der Waals surface area contributed by atoms with Crippen molar-refractivity contribution in [3.05, 3.63) is 65.7 Å². The van der Waals surface area contributed by atoms with Crippen LogP contribution in [0.5, 0.6) is 0 Å². The molecule has 1 amide bonds. The molecule has 0 atom stereocenters. The highest BCUT2D eigenvalue weighted by Crippen LogP contribution is 2.10. The summed E-state index contributed by atoms with van der Waals surface area (Å²) in [5, 5.41) is 2.98. The molecule has 0 saturated carbocycles. The number of carbonyl (C=O) groups excluding carboxylic acids is 1. The molecule has 0 aliphatic rings. The molecule has 0 aromatic heterocycles. The van der Waals surface area contributed by atoms with Gasteiger partial charge in [0.15, 0.2) is 0 Å². The van der Waals surface area contributed by atoms with E-state index in [4.69, 9.17) is 0 Å². The molecule has 0 saturated heterocycles. The fourth-order valence-corrected chi connectivity index (χ4v) is 4.39. The summed E-state index contributed by atoms with van der Waals surface area (Å²) < 4.78 is 27.2. The first-order chi connectivity index (χ1) is 14.7. The van der Waals surface area contributed by atoms with E-state index in [-0.39, 0.29) is 17.3 Å². The van der Waals surface area contributed by atoms with Crippen LogP contribution < -0.4 is 10.0 Å². The highest BCUT2D eigenvalue weighted by atomic mass is 32.2. The van der Waals surface area contributed by atoms with Crippen molar-refractivity contribution in [2.45, 2.75) is 39.1 Å². The van der Waals surface area contributed by atoms with Crippen molar-refractivity contribution in [2.24, 2.45) is 11.8 Å². The van der Waals surface area contributed by atoms with E-state index in [0.717, 1.165) is 25.2 Å². The molecule has 2 rings (SSSR count). The Morgan fingerprint density at radius 3 is 2.03 bits per heavy atom. The lowest BCUT2D eigenvalue weighted by Gasteiger charge is -2.26. The summed E-state index contributed by atoms with van der Waals surface area (Å²) in [6, 6.07) is 15.2. The van der Waals surface area contributed by atoms with Gasteiger partial charge in [-0.15, -0.1) is 0 Å². The van der Waals surface area contributed by atoms with E-state index in [2.05, 4.69) is 42.6 Å². The van der Waals surface area contributed by atoms with Gasteiger partial charge >= 0.3 is 0 Å². The molecule has 0 heterocycles. The minimum absolute atomic E-state index is 0.120. The lowest BCUT2D eigenvalue weighted by molar-refractivity contribution is 0.0946. The second kappa shape index (κ2) is 12.0. The Labute approximate surface area is 187 Å². The third kappa shape index (κ3) is 8.81. The average molecular weight is 446 g/mol. The Balaban J connectivity index is 1.84. The Morgan fingerprint density at radius 1 is 0.903 bits per heavy atom. The molecule has 7 heteroatoms. The van der Waals surface area contributed by atoms with E-state index in [1.54, 1.807) is 54.6 Å². The molecule has 2 aromatic rings. The SMILES string of the molecule is CC(C)CN(CCNC(=O)c1ccc(CNS(=O)(=O)c2ccccc2)cc1)CC(C)C. The van der Waals surface area contributed by atoms with Crippen molar-refractivity contribution >= 4 is 15.9 Å². The average Bonchev–Trinajstić information content (AvgIpc) is 2.72. The van der Waals surface area contributed by atoms with Crippen LogP contribution in [0.2, 0.25) is 0 Å². The van der Waals surface area contributed by atoms with Crippen LogP contribution in [0, 0.1) is 11.8 Å². The van der Waals surface area contributed by atoms with Crippen molar-refractivity contribution in [3.63, 3.8) is 0 Å². The fraction of sp³-hybridized carbons (Fsp3) is 0.458. The zero-order chi connectivity index (χ0) is 22.9. The summed E-state index contributed by atoms with van der Waals surface area (Å²) in [4.78, 5) is 15.1. The van der Waals surface area contributed by atoms with Gasteiger partial charge in [0.05, 0.1) is 4.90 Å². The summed E-state index contributed by atoms with van der Waals surface area (Å²) >= 11 is 0. The van der Waals surface area contributed by atoms with Crippen LogP contribution >= 0.6 is 0 Å². The monoisotopic (exact) mass is 445 g/mol. The van der Waals surface area contributed by atoms with Crippen molar-refractivity contribution in [1.29, 1.82) is 0 Å². The molecule has 0 aliphatic heterocycles. The summed E-state index contributed by atoms with van der Waals surface area (Å²) in [5.41, 5.74) is 1.35. The minimum atomic E-state index is -3.56. The maximum atomic E-state index is 12.4. The number of carbonyl (C=O) groups is 1. The molecule has 31 heavy (non-hydrogen) atoms. The third-order valence-electron chi connectivity index (χ3n) is 4.70. The molecule has 0 aliphatic carbocycles. The van der Waals surface area contributed by atoms with Gasteiger partial charge in [0.1, 0.15) is 0 Å². The standard InChI is InChI=1S/C24H35N3O3S/c1-19(2)17-27(18-20(3)4)15-14-25-24(28)22-12-10-21(11-13-22)16-26-31(29,30)23-8-6-5-7-9-23/h5-13,19-20,26H,14-18H2,1-4H3,(H,25,28). The second-order valence-electron chi connectivity index (χ2n) is 8.64. The van der Waals surface area contributed by atoms with E-state index in [1.165, 1.54) is 0 Å². The van der Waals surface area contributed by atoms with Crippen LogP contribution in [-0.4, -0.2) is 45.4 Å². The molecule has 0 unspecified atom stereocenters. The molecule has 0 spiro atoms. The zero-order valence-corrected chi connectivity index (χ0v) is 19.8. The number of hydrogen-bond acceptors (Lipinski definition) is 4. The Morgan fingerprint density at radius 2 is 1.48 bits per heavy atom. The Hall–Kier alpha value is -2.22. The molecule has 170 valence electrons. The van der Waals surface area contributed by atoms with Crippen LogP contribution in [0.25, 0.3) is 0 Å². The minimum Gasteiger partial charge on any atom is -0.351 e. The predicted octanol–water partition coefficient (Wildman–Crippen LogP) is 3.51. The van der Waals surface area contributed by atoms with Crippen molar-refractivity contribution in [2.75, 3.05) is 26.2 Å². The second-order valence-corrected chi connectivity index (χ2v) is 10.4. The fourth-order valence-electron chi connectivity index (χ4n) is 3.35. The van der Waals surface area contributed by atoms with Gasteiger partial charge in [0, 0.05) is 38.3 Å². The lowest BCUT2D eigenvalue weighted by atomic mass is 10.1. The number of nitrogens with one attached hydrogen (secondary N) is 2. The van der Waals surface area contributed by atoms with Crippen LogP contribution in [0.1, 0.15) is 43.6 Å². The van der Waals surface area contributed by atoms with Crippen LogP contribution in [0.3, 0.4) is 0 Å². The van der Waals surface area contributed by atoms with Crippen molar-refractivity contribution in [1.82, 2.24) is 14.9 Å². The molecule has 0 bridgehead atoms. The Bertz CT molecular complexity index is 901. The number of hydrogen-bond donors (Lipinski definition) is 2. The maximum Gasteiger partial charge on any atom is 0.251 e. The van der Waals surface area contributed by atoms with E-state index in [1.807, 2.05) is 0 Å². The lowest BCUT2D eigenvalue weighted by Crippen LogP contribution is -2.38. The number of amides is 1. The third-order valence-corrected chi connectivity index (χ3v) is 6.11. The maximum absolute atomic E-state index is 12.4. The highest BCUT2D eigenvalue weighted by molar-refractivity contribution is 7.89. The topological polar surface area (TPSA) is 78.5 Å². The first kappa shape index (κ1) is 25.0. The zero-order valence-electron chi connectivity index (χ0n) is 19.0. The van der Waals surface area contributed by atoms with Crippen LogP contribution in [0.4, 0.5) is 0 Å². The normalized spacial score (nSPS) is 12.0. The summed E-state index contributed by atoms with van der Waals surface area (Å²) in [6.45, 7) is 12.4. The van der Waals surface area contributed by atoms with Gasteiger partial charge in [0.2, 0.25) is 10.0 Å². The van der Waals surface area contributed by atoms with Gasteiger partial charge in [0.25, 0.3) is 5.91 Å². The molecular weight excluding hydrogens is 410 g/mol. The molecule has 6 nitrogen and oxygen atoms in total. The van der Waals surface area contributed by atoms with Gasteiger partial charge < -0.3 is 10.2 Å². The molecule has 2 aromatic carbocycles. The number of rotatable bonds is 12. The van der Waals surface area contributed by atoms with E-state index in [9.17, 15) is 13.2 Å². The largest absolute Gasteiger partial charge is 0.351 e. The quantitative estimate of drug-likeness (QED) is 0.524. The summed E-state index contributed by atoms with van der Waals surface area (Å²) in [5.74, 6) is 1.05. The molecule has 2 N–H and O–H groups in total. The summed E-state index contributed by atoms with van der Waals surface area (Å²) in [6.07, 6.45) is 0. The Kier molecular flexibility index (Phi) is 9.68. The highest BCUT2D eigenvalue weighted by Gasteiger charge is 2.13. The first-order valence-electron chi connectivity index (χ1n) is 10.8. The van der Waals surface area contributed by atoms with Crippen molar-refractivity contribution < 1.29 is 13.2 Å². The number of sulfonamides is 1. The molecule has 0 radical (unpaired) electrons. The number of nitrogens with zero attached hydrogens (tertiary/aromatic N) is 1. The predicted molar refractivity (Wildman–Crippen MR) is 125 cm³/mol. The van der Waals surface area contributed by atoms with E-state index in [0.29, 0.717) is 23.9 Å². The molecule has 0 fully saturated rings.